The van der Waals surface area contributed by atoms with Crippen molar-refractivity contribution in [3.8, 4) is 17.2 Å². The van der Waals surface area contributed by atoms with Crippen LogP contribution < -0.4 is 4.90 Å². The van der Waals surface area contributed by atoms with E-state index in [1.165, 1.54) is 0 Å². The second kappa shape index (κ2) is 7.34. The number of carbonyl (C=O) groups excluding carboxylic acids is 1. The lowest BCUT2D eigenvalue weighted by molar-refractivity contribution is -0.117. The Morgan fingerprint density at radius 3 is 2.56 bits per heavy atom. The third kappa shape index (κ3) is 3.49. The van der Waals surface area contributed by atoms with Crippen molar-refractivity contribution in [3.05, 3.63) is 82.1 Å². The van der Waals surface area contributed by atoms with Crippen LogP contribution in [0.4, 0.5) is 5.69 Å². The molecule has 0 bridgehead atoms. The lowest BCUT2D eigenvalue weighted by Crippen LogP contribution is -2.30. The Kier molecular flexibility index (Phi) is 4.74. The summed E-state index contributed by atoms with van der Waals surface area (Å²) in [6.07, 6.45) is 4.78. The molecule has 1 amide bonds. The minimum Gasteiger partial charge on any atom is -0.310 e. The highest BCUT2D eigenvalue weighted by Crippen LogP contribution is 2.35. The molecule has 0 fully saturated rings. The lowest BCUT2D eigenvalue weighted by atomic mass is 9.99. The molecule has 0 saturated carbocycles. The van der Waals surface area contributed by atoms with Gasteiger partial charge in [0.25, 0.3) is 0 Å². The first-order valence-electron chi connectivity index (χ1n) is 8.68. The number of benzene rings is 2. The molecule has 0 unspecified atom stereocenters. The summed E-state index contributed by atoms with van der Waals surface area (Å²) in [4.78, 5) is 19.0. The van der Waals surface area contributed by atoms with E-state index in [9.17, 15) is 4.79 Å². The minimum atomic E-state index is 0.0786. The average molecular weight is 418 g/mol. The number of amides is 1. The number of rotatable bonds is 3. The van der Waals surface area contributed by atoms with E-state index in [1.54, 1.807) is 18.3 Å². The van der Waals surface area contributed by atoms with Gasteiger partial charge in [0.05, 0.1) is 29.9 Å². The van der Waals surface area contributed by atoms with E-state index < -0.39 is 0 Å². The van der Waals surface area contributed by atoms with Gasteiger partial charge in [0, 0.05) is 22.8 Å². The molecular formula is C22H16BrN3O. The minimum absolute atomic E-state index is 0.0786. The molecule has 5 heteroatoms. The Balaban J connectivity index is 1.61. The predicted octanol–water partition coefficient (Wildman–Crippen LogP) is 4.51. The number of aromatic nitrogens is 1. The van der Waals surface area contributed by atoms with Gasteiger partial charge in [-0.3, -0.25) is 9.78 Å². The second-order valence-corrected chi connectivity index (χ2v) is 7.39. The first kappa shape index (κ1) is 17.4. The topological polar surface area (TPSA) is 57.0 Å². The summed E-state index contributed by atoms with van der Waals surface area (Å²) in [6, 6.07) is 17.4. The zero-order valence-electron chi connectivity index (χ0n) is 14.5. The van der Waals surface area contributed by atoms with Gasteiger partial charge in [-0.1, -0.05) is 40.2 Å². The van der Waals surface area contributed by atoms with Crippen LogP contribution in [0.3, 0.4) is 0 Å². The summed E-state index contributed by atoms with van der Waals surface area (Å²) in [6.45, 7) is 0.666. The molecule has 1 aromatic heterocycles. The summed E-state index contributed by atoms with van der Waals surface area (Å²) in [7, 11) is 0. The Morgan fingerprint density at radius 1 is 1.11 bits per heavy atom. The third-order valence-corrected chi connectivity index (χ3v) is 5.33. The Bertz CT molecular complexity index is 1040. The molecule has 2 heterocycles. The lowest BCUT2D eigenvalue weighted by Gasteiger charge is -2.17. The van der Waals surface area contributed by atoms with Crippen molar-refractivity contribution in [2.75, 3.05) is 11.4 Å². The van der Waals surface area contributed by atoms with Crippen LogP contribution >= 0.6 is 15.9 Å². The zero-order valence-corrected chi connectivity index (χ0v) is 16.1. The highest BCUT2D eigenvalue weighted by molar-refractivity contribution is 9.10. The van der Waals surface area contributed by atoms with E-state index >= 15 is 0 Å². The Labute approximate surface area is 166 Å². The van der Waals surface area contributed by atoms with Crippen molar-refractivity contribution in [1.29, 1.82) is 5.26 Å². The van der Waals surface area contributed by atoms with Crippen LogP contribution in [-0.4, -0.2) is 17.4 Å². The van der Waals surface area contributed by atoms with Gasteiger partial charge in [0.15, 0.2) is 0 Å². The van der Waals surface area contributed by atoms with Crippen molar-refractivity contribution >= 4 is 27.5 Å². The summed E-state index contributed by atoms with van der Waals surface area (Å²) in [5.41, 5.74) is 5.69. The van der Waals surface area contributed by atoms with Crippen molar-refractivity contribution in [2.24, 2.45) is 0 Å². The Hall–Kier alpha value is -2.97. The SMILES string of the molecule is N#Cc1ccc(-c2cncc3c2CCN3C(=O)Cc2ccc(Br)cc2)cc1. The van der Waals surface area contributed by atoms with Crippen LogP contribution in [0.15, 0.2) is 65.4 Å². The van der Waals surface area contributed by atoms with Gasteiger partial charge in [-0.05, 0) is 47.4 Å². The first-order chi connectivity index (χ1) is 13.2. The average Bonchev–Trinajstić information content (AvgIpc) is 3.14. The fraction of sp³-hybridized carbons (Fsp3) is 0.136. The highest BCUT2D eigenvalue weighted by Gasteiger charge is 2.27. The van der Waals surface area contributed by atoms with Crippen molar-refractivity contribution in [2.45, 2.75) is 12.8 Å². The van der Waals surface area contributed by atoms with Gasteiger partial charge in [-0.2, -0.15) is 5.26 Å². The molecule has 2 aromatic carbocycles. The van der Waals surface area contributed by atoms with Crippen molar-refractivity contribution in [1.82, 2.24) is 4.98 Å². The van der Waals surface area contributed by atoms with Crippen LogP contribution in [0.25, 0.3) is 11.1 Å². The molecule has 4 rings (SSSR count). The standard InChI is InChI=1S/C22H16BrN3O/c23-18-7-3-15(4-8-18)11-22(27)26-10-9-19-20(13-25-14-21(19)26)17-5-1-16(12-24)2-6-17/h1-8,13-14H,9-11H2. The van der Waals surface area contributed by atoms with Crippen LogP contribution in [0.1, 0.15) is 16.7 Å². The maximum Gasteiger partial charge on any atom is 0.231 e. The third-order valence-electron chi connectivity index (χ3n) is 4.81. The molecule has 132 valence electrons. The number of hydrogen-bond acceptors (Lipinski definition) is 3. The molecule has 1 aliphatic heterocycles. The normalized spacial score (nSPS) is 12.5. The number of fused-ring (bicyclic) bond motifs is 1. The largest absolute Gasteiger partial charge is 0.310 e. The van der Waals surface area contributed by atoms with E-state index in [1.807, 2.05) is 47.5 Å². The summed E-state index contributed by atoms with van der Waals surface area (Å²) in [5.74, 6) is 0.0786. The van der Waals surface area contributed by atoms with E-state index in [2.05, 4.69) is 27.0 Å². The number of nitriles is 1. The number of hydrogen-bond donors (Lipinski definition) is 0. The molecule has 0 saturated heterocycles. The number of carbonyl (C=O) groups is 1. The highest BCUT2D eigenvalue weighted by atomic mass is 79.9. The maximum atomic E-state index is 12.8. The molecule has 0 atom stereocenters. The smallest absolute Gasteiger partial charge is 0.231 e. The maximum absolute atomic E-state index is 12.8. The molecule has 0 radical (unpaired) electrons. The fourth-order valence-electron chi connectivity index (χ4n) is 3.42. The van der Waals surface area contributed by atoms with Gasteiger partial charge in [-0.15, -0.1) is 0 Å². The first-order valence-corrected chi connectivity index (χ1v) is 9.47. The summed E-state index contributed by atoms with van der Waals surface area (Å²) in [5, 5.41) is 8.98. The molecule has 4 nitrogen and oxygen atoms in total. The molecule has 0 aliphatic carbocycles. The summed E-state index contributed by atoms with van der Waals surface area (Å²) < 4.78 is 1.00. The van der Waals surface area contributed by atoms with E-state index in [0.29, 0.717) is 18.5 Å². The van der Waals surface area contributed by atoms with Gasteiger partial charge in [0.1, 0.15) is 0 Å². The van der Waals surface area contributed by atoms with Crippen molar-refractivity contribution < 1.29 is 4.79 Å². The van der Waals surface area contributed by atoms with Crippen LogP contribution in [0.2, 0.25) is 0 Å². The molecule has 0 spiro atoms. The van der Waals surface area contributed by atoms with E-state index in [4.69, 9.17) is 5.26 Å². The number of nitrogens with zero attached hydrogens (tertiary/aromatic N) is 3. The predicted molar refractivity (Wildman–Crippen MR) is 108 cm³/mol. The van der Waals surface area contributed by atoms with Gasteiger partial charge in [0.2, 0.25) is 5.91 Å². The molecule has 0 N–H and O–H groups in total. The monoisotopic (exact) mass is 417 g/mol. The molecular weight excluding hydrogens is 402 g/mol. The van der Waals surface area contributed by atoms with Crippen LogP contribution in [0, 0.1) is 11.3 Å². The quantitative estimate of drug-likeness (QED) is 0.629. The molecule has 1 aliphatic rings. The Morgan fingerprint density at radius 2 is 1.85 bits per heavy atom. The number of pyridine rings is 1. The number of anilines is 1. The second-order valence-electron chi connectivity index (χ2n) is 6.47. The fourth-order valence-corrected chi connectivity index (χ4v) is 3.68. The van der Waals surface area contributed by atoms with Crippen LogP contribution in [0.5, 0.6) is 0 Å². The van der Waals surface area contributed by atoms with E-state index in [0.717, 1.165) is 38.8 Å². The summed E-state index contributed by atoms with van der Waals surface area (Å²) >= 11 is 3.42. The molecule has 3 aromatic rings. The van der Waals surface area contributed by atoms with Crippen molar-refractivity contribution in [3.63, 3.8) is 0 Å². The molecule has 27 heavy (non-hydrogen) atoms. The van der Waals surface area contributed by atoms with Crippen LogP contribution in [-0.2, 0) is 17.6 Å². The number of halogens is 1. The zero-order chi connectivity index (χ0) is 18.8. The van der Waals surface area contributed by atoms with Gasteiger partial charge >= 0.3 is 0 Å². The van der Waals surface area contributed by atoms with E-state index in [-0.39, 0.29) is 5.91 Å². The van der Waals surface area contributed by atoms with Gasteiger partial charge in [-0.25, -0.2) is 0 Å². The van der Waals surface area contributed by atoms with Gasteiger partial charge < -0.3 is 4.90 Å².